The molecule has 2 rings (SSSR count). The molecular formula is C12H26N6O2. The molecule has 8 heteroatoms. The second kappa shape index (κ2) is 8.38. The molecule has 20 heavy (non-hydrogen) atoms. The molecule has 1 unspecified atom stereocenters. The second-order valence-electron chi connectivity index (χ2n) is 5.15. The van der Waals surface area contributed by atoms with Crippen LogP contribution in [0, 0.1) is 0 Å². The van der Waals surface area contributed by atoms with Crippen LogP contribution in [0.3, 0.4) is 0 Å². The highest BCUT2D eigenvalue weighted by Crippen LogP contribution is 2.04. The van der Waals surface area contributed by atoms with Gasteiger partial charge in [0.05, 0.1) is 19.4 Å². The van der Waals surface area contributed by atoms with Gasteiger partial charge < -0.3 is 21.1 Å². The third kappa shape index (κ3) is 5.22. The van der Waals surface area contributed by atoms with Gasteiger partial charge in [-0.15, -0.1) is 0 Å². The van der Waals surface area contributed by atoms with Crippen LogP contribution in [0.4, 0.5) is 4.79 Å². The predicted octanol–water partition coefficient (Wildman–Crippen LogP) is -2.23. The summed E-state index contributed by atoms with van der Waals surface area (Å²) in [4.78, 5) is 15.5. The Bertz CT molecular complexity index is 304. The van der Waals surface area contributed by atoms with Crippen molar-refractivity contribution in [2.45, 2.75) is 6.17 Å². The second-order valence-corrected chi connectivity index (χ2v) is 5.15. The molecule has 2 heterocycles. The summed E-state index contributed by atoms with van der Waals surface area (Å²) < 4.78 is 4.96. The van der Waals surface area contributed by atoms with Crippen LogP contribution in [0.2, 0.25) is 0 Å². The Morgan fingerprint density at radius 3 is 2.75 bits per heavy atom. The Labute approximate surface area is 120 Å². The molecule has 0 saturated carbocycles. The van der Waals surface area contributed by atoms with Gasteiger partial charge in [0, 0.05) is 45.8 Å². The molecule has 0 aromatic rings. The van der Waals surface area contributed by atoms with Gasteiger partial charge in [0.2, 0.25) is 0 Å². The zero-order valence-corrected chi connectivity index (χ0v) is 11.9. The van der Waals surface area contributed by atoms with Gasteiger partial charge in [0.1, 0.15) is 6.61 Å². The van der Waals surface area contributed by atoms with Crippen LogP contribution < -0.4 is 21.7 Å². The Morgan fingerprint density at radius 1 is 1.15 bits per heavy atom. The Hall–Kier alpha value is -0.930. The van der Waals surface area contributed by atoms with E-state index in [0.29, 0.717) is 19.8 Å². The summed E-state index contributed by atoms with van der Waals surface area (Å²) in [5, 5.41) is 9.96. The first-order valence-corrected chi connectivity index (χ1v) is 7.30. The van der Waals surface area contributed by atoms with Crippen LogP contribution >= 0.6 is 0 Å². The Kier molecular flexibility index (Phi) is 6.48. The summed E-state index contributed by atoms with van der Waals surface area (Å²) >= 11 is 0. The van der Waals surface area contributed by atoms with Gasteiger partial charge in [-0.3, -0.25) is 15.1 Å². The molecule has 2 fully saturated rings. The van der Waals surface area contributed by atoms with Crippen LogP contribution in [-0.2, 0) is 4.74 Å². The lowest BCUT2D eigenvalue weighted by Gasteiger charge is -2.28. The molecule has 0 spiro atoms. The van der Waals surface area contributed by atoms with E-state index in [1.54, 1.807) is 4.90 Å². The van der Waals surface area contributed by atoms with Gasteiger partial charge in [-0.2, -0.15) is 0 Å². The minimum absolute atomic E-state index is 0.0342. The third-order valence-electron chi connectivity index (χ3n) is 3.50. The van der Waals surface area contributed by atoms with Crippen molar-refractivity contribution in [1.29, 1.82) is 0 Å². The number of hydrogen-bond donors (Lipinski definition) is 4. The van der Waals surface area contributed by atoms with E-state index in [1.165, 1.54) is 0 Å². The highest BCUT2D eigenvalue weighted by Gasteiger charge is 2.23. The maximum atomic E-state index is 11.5. The van der Waals surface area contributed by atoms with E-state index in [2.05, 4.69) is 20.9 Å². The van der Waals surface area contributed by atoms with Crippen LogP contribution in [0.25, 0.3) is 0 Å². The van der Waals surface area contributed by atoms with E-state index < -0.39 is 0 Å². The zero-order chi connectivity index (χ0) is 14.2. The van der Waals surface area contributed by atoms with Gasteiger partial charge >= 0.3 is 6.09 Å². The van der Waals surface area contributed by atoms with Crippen molar-refractivity contribution in [3.8, 4) is 0 Å². The van der Waals surface area contributed by atoms with Crippen molar-refractivity contribution in [3.63, 3.8) is 0 Å². The number of nitrogens with zero attached hydrogens (tertiary/aromatic N) is 2. The topological polar surface area (TPSA) is 94.9 Å². The molecule has 1 atom stereocenters. The summed E-state index contributed by atoms with van der Waals surface area (Å²) in [5.41, 5.74) is 5.95. The number of nitrogens with two attached hydrogens (primary N) is 1. The van der Waals surface area contributed by atoms with Crippen molar-refractivity contribution in [2.24, 2.45) is 5.73 Å². The number of rotatable bonds is 2. The molecule has 116 valence electrons. The fourth-order valence-corrected chi connectivity index (χ4v) is 2.33. The van der Waals surface area contributed by atoms with Crippen LogP contribution in [0.1, 0.15) is 0 Å². The molecule has 2 saturated heterocycles. The molecule has 1 amide bonds. The Morgan fingerprint density at radius 2 is 1.95 bits per heavy atom. The normalized spacial score (nSPS) is 27.8. The lowest BCUT2D eigenvalue weighted by molar-refractivity contribution is 0.130. The van der Waals surface area contributed by atoms with E-state index in [0.717, 1.165) is 45.8 Å². The Balaban J connectivity index is 1.79. The average Bonchev–Trinajstić information content (AvgIpc) is 2.81. The van der Waals surface area contributed by atoms with Crippen molar-refractivity contribution in [1.82, 2.24) is 25.8 Å². The first kappa shape index (κ1) is 15.5. The van der Waals surface area contributed by atoms with Crippen molar-refractivity contribution >= 4 is 6.09 Å². The van der Waals surface area contributed by atoms with Crippen molar-refractivity contribution in [2.75, 3.05) is 65.6 Å². The standard InChI is InChI=1S/C12H26N6O2/c13-11-9-15-2-1-14-3-5-17(6-4-16-11)10-18-7-8-20-12(18)19/h11,14-16H,1-10,13H2. The smallest absolute Gasteiger partial charge is 0.410 e. The SMILES string of the molecule is NC1CNCCNCCN(CN2CCOC2=O)CCN1. The van der Waals surface area contributed by atoms with Gasteiger partial charge in [-0.1, -0.05) is 0 Å². The molecule has 2 aliphatic rings. The molecule has 0 bridgehead atoms. The summed E-state index contributed by atoms with van der Waals surface area (Å²) in [6, 6.07) is 0. The van der Waals surface area contributed by atoms with Gasteiger partial charge in [0.15, 0.2) is 0 Å². The third-order valence-corrected chi connectivity index (χ3v) is 3.50. The number of hydrogen-bond acceptors (Lipinski definition) is 7. The molecule has 2 aliphatic heterocycles. The first-order valence-electron chi connectivity index (χ1n) is 7.30. The maximum Gasteiger partial charge on any atom is 0.410 e. The monoisotopic (exact) mass is 286 g/mol. The molecular weight excluding hydrogens is 260 g/mol. The van der Waals surface area contributed by atoms with E-state index in [-0.39, 0.29) is 12.3 Å². The van der Waals surface area contributed by atoms with Gasteiger partial charge in [0.25, 0.3) is 0 Å². The molecule has 0 aliphatic carbocycles. The predicted molar refractivity (Wildman–Crippen MR) is 76.2 cm³/mol. The molecule has 0 aromatic heterocycles. The number of cyclic esters (lactones) is 1. The minimum atomic E-state index is -0.210. The zero-order valence-electron chi connectivity index (χ0n) is 11.9. The van der Waals surface area contributed by atoms with E-state index in [9.17, 15) is 4.79 Å². The number of nitrogens with one attached hydrogen (secondary N) is 3. The molecule has 5 N–H and O–H groups in total. The summed E-state index contributed by atoms with van der Waals surface area (Å²) in [5.74, 6) is 0. The van der Waals surface area contributed by atoms with E-state index in [1.807, 2.05) is 0 Å². The van der Waals surface area contributed by atoms with Crippen LogP contribution in [-0.4, -0.2) is 87.7 Å². The van der Waals surface area contributed by atoms with Gasteiger partial charge in [-0.25, -0.2) is 4.79 Å². The highest BCUT2D eigenvalue weighted by atomic mass is 16.6. The quantitative estimate of drug-likeness (QED) is 0.456. The van der Waals surface area contributed by atoms with E-state index >= 15 is 0 Å². The average molecular weight is 286 g/mol. The molecule has 8 nitrogen and oxygen atoms in total. The lowest BCUT2D eigenvalue weighted by atomic mass is 10.4. The maximum absolute atomic E-state index is 11.5. The number of amides is 1. The highest BCUT2D eigenvalue weighted by molar-refractivity contribution is 5.69. The largest absolute Gasteiger partial charge is 0.447 e. The molecule has 0 radical (unpaired) electrons. The van der Waals surface area contributed by atoms with Crippen molar-refractivity contribution < 1.29 is 9.53 Å². The van der Waals surface area contributed by atoms with Crippen molar-refractivity contribution in [3.05, 3.63) is 0 Å². The number of ether oxygens (including phenoxy) is 1. The number of carbonyl (C=O) groups excluding carboxylic acids is 1. The summed E-state index contributed by atoms with van der Waals surface area (Å²) in [6.07, 6.45) is -0.244. The van der Waals surface area contributed by atoms with Crippen LogP contribution in [0.15, 0.2) is 0 Å². The fourth-order valence-electron chi connectivity index (χ4n) is 2.33. The lowest BCUT2D eigenvalue weighted by Crippen LogP contribution is -2.51. The minimum Gasteiger partial charge on any atom is -0.447 e. The van der Waals surface area contributed by atoms with E-state index in [4.69, 9.17) is 10.5 Å². The summed E-state index contributed by atoms with van der Waals surface area (Å²) in [7, 11) is 0. The van der Waals surface area contributed by atoms with Gasteiger partial charge in [-0.05, 0) is 0 Å². The number of carbonyl (C=O) groups is 1. The summed E-state index contributed by atoms with van der Waals surface area (Å²) in [6.45, 7) is 7.89. The molecule has 0 aromatic carbocycles. The fraction of sp³-hybridized carbons (Fsp3) is 0.917. The van der Waals surface area contributed by atoms with Crippen LogP contribution in [0.5, 0.6) is 0 Å². The first-order chi connectivity index (χ1) is 9.75.